The Bertz CT molecular complexity index is 1010. The van der Waals surface area contributed by atoms with Gasteiger partial charge in [-0.1, -0.05) is 36.8 Å². The van der Waals surface area contributed by atoms with Gasteiger partial charge in [-0.25, -0.2) is 0 Å². The molecule has 1 unspecified atom stereocenters. The summed E-state index contributed by atoms with van der Waals surface area (Å²) in [6.45, 7) is 8.61. The monoisotopic (exact) mass is 434 g/mol. The molecule has 4 rings (SSSR count). The number of benzene rings is 1. The standard InChI is InChI=1S/C26H34N4O2/c1-4-28(17-21-18-29(5-2)27-19(21)3)25(31)15-23-22-13-9-10-14-24(22)30(26(23)32)16-20-11-7-6-8-12-20/h6-8,11-12,18,24H,4-5,9-10,13-17H2,1-3H3. The maximum Gasteiger partial charge on any atom is 0.251 e. The number of carbonyl (C=O) groups is 2. The van der Waals surface area contributed by atoms with Gasteiger partial charge in [-0.05, 0) is 51.2 Å². The van der Waals surface area contributed by atoms with Crippen molar-refractivity contribution in [3.05, 3.63) is 64.5 Å². The van der Waals surface area contributed by atoms with Gasteiger partial charge in [0.1, 0.15) is 0 Å². The first kappa shape index (κ1) is 22.3. The number of hydrogen-bond donors (Lipinski definition) is 0. The molecule has 0 saturated heterocycles. The molecule has 1 aliphatic carbocycles. The third kappa shape index (κ3) is 4.50. The number of hydrogen-bond acceptors (Lipinski definition) is 3. The van der Waals surface area contributed by atoms with E-state index in [2.05, 4.69) is 24.2 Å². The Balaban J connectivity index is 1.51. The molecule has 0 spiro atoms. The molecule has 1 aromatic carbocycles. The van der Waals surface area contributed by atoms with Gasteiger partial charge in [0.05, 0.1) is 18.2 Å². The molecule has 0 N–H and O–H groups in total. The lowest BCUT2D eigenvalue weighted by molar-refractivity contribution is -0.133. The van der Waals surface area contributed by atoms with Crippen molar-refractivity contribution in [1.29, 1.82) is 0 Å². The minimum absolute atomic E-state index is 0.0258. The van der Waals surface area contributed by atoms with E-state index in [0.717, 1.165) is 54.6 Å². The van der Waals surface area contributed by atoms with Gasteiger partial charge in [-0.2, -0.15) is 5.10 Å². The molecule has 2 amide bonds. The molecule has 1 aromatic heterocycles. The Morgan fingerprint density at radius 3 is 2.66 bits per heavy atom. The van der Waals surface area contributed by atoms with E-state index in [1.165, 1.54) is 5.57 Å². The third-order valence-electron chi connectivity index (χ3n) is 6.85. The molecular formula is C26H34N4O2. The minimum atomic E-state index is 0.0258. The lowest BCUT2D eigenvalue weighted by Gasteiger charge is -2.30. The van der Waals surface area contributed by atoms with Crippen molar-refractivity contribution in [3.8, 4) is 0 Å². The highest BCUT2D eigenvalue weighted by molar-refractivity contribution is 6.02. The van der Waals surface area contributed by atoms with Gasteiger partial charge < -0.3 is 9.80 Å². The van der Waals surface area contributed by atoms with Crippen molar-refractivity contribution in [2.24, 2.45) is 0 Å². The largest absolute Gasteiger partial charge is 0.338 e. The topological polar surface area (TPSA) is 58.4 Å². The third-order valence-corrected chi connectivity index (χ3v) is 6.85. The van der Waals surface area contributed by atoms with Gasteiger partial charge >= 0.3 is 0 Å². The minimum Gasteiger partial charge on any atom is -0.338 e. The van der Waals surface area contributed by atoms with Crippen molar-refractivity contribution >= 4 is 11.8 Å². The molecule has 1 fully saturated rings. The van der Waals surface area contributed by atoms with E-state index in [9.17, 15) is 9.59 Å². The van der Waals surface area contributed by atoms with Crippen LogP contribution in [-0.4, -0.2) is 44.0 Å². The van der Waals surface area contributed by atoms with Crippen molar-refractivity contribution in [1.82, 2.24) is 19.6 Å². The lowest BCUT2D eigenvalue weighted by Crippen LogP contribution is -2.36. The van der Waals surface area contributed by atoms with Crippen LogP contribution < -0.4 is 0 Å². The summed E-state index contributed by atoms with van der Waals surface area (Å²) in [5.41, 5.74) is 5.11. The van der Waals surface area contributed by atoms with Gasteiger partial charge in [0.25, 0.3) is 5.91 Å². The average molecular weight is 435 g/mol. The zero-order valence-electron chi connectivity index (χ0n) is 19.5. The summed E-state index contributed by atoms with van der Waals surface area (Å²) in [5, 5.41) is 4.50. The second-order valence-electron chi connectivity index (χ2n) is 8.86. The fourth-order valence-electron chi connectivity index (χ4n) is 5.01. The summed E-state index contributed by atoms with van der Waals surface area (Å²) in [4.78, 5) is 30.6. The van der Waals surface area contributed by atoms with E-state index in [1.807, 2.05) is 52.7 Å². The molecule has 0 bridgehead atoms. The molecule has 0 radical (unpaired) electrons. The second-order valence-corrected chi connectivity index (χ2v) is 8.86. The Hall–Kier alpha value is -2.89. The van der Waals surface area contributed by atoms with Gasteiger partial charge in [-0.15, -0.1) is 0 Å². The fourth-order valence-corrected chi connectivity index (χ4v) is 5.01. The van der Waals surface area contributed by atoms with Crippen molar-refractivity contribution in [2.75, 3.05) is 6.54 Å². The molecule has 2 aliphatic rings. The first-order valence-corrected chi connectivity index (χ1v) is 11.9. The highest BCUT2D eigenvalue weighted by Crippen LogP contribution is 2.39. The van der Waals surface area contributed by atoms with Gasteiger partial charge in [0.15, 0.2) is 0 Å². The first-order valence-electron chi connectivity index (χ1n) is 11.9. The number of rotatable bonds is 8. The molecule has 170 valence electrons. The summed E-state index contributed by atoms with van der Waals surface area (Å²) < 4.78 is 1.90. The second kappa shape index (κ2) is 9.72. The molecule has 6 nitrogen and oxygen atoms in total. The van der Waals surface area contributed by atoms with E-state index in [1.54, 1.807) is 0 Å². The van der Waals surface area contributed by atoms with Gasteiger partial charge in [0.2, 0.25) is 5.91 Å². The molecule has 2 heterocycles. The number of nitrogens with zero attached hydrogens (tertiary/aromatic N) is 4. The fraction of sp³-hybridized carbons (Fsp3) is 0.500. The highest BCUT2D eigenvalue weighted by atomic mass is 16.2. The van der Waals surface area contributed by atoms with E-state index in [4.69, 9.17) is 0 Å². The zero-order chi connectivity index (χ0) is 22.7. The molecule has 2 aromatic rings. The molecule has 1 aliphatic heterocycles. The van der Waals surface area contributed by atoms with Crippen LogP contribution >= 0.6 is 0 Å². The summed E-state index contributed by atoms with van der Waals surface area (Å²) in [7, 11) is 0. The number of amides is 2. The van der Waals surface area contributed by atoms with Crippen LogP contribution in [0.5, 0.6) is 0 Å². The predicted molar refractivity (Wildman–Crippen MR) is 125 cm³/mol. The van der Waals surface area contributed by atoms with Crippen LogP contribution in [0.4, 0.5) is 0 Å². The number of carbonyl (C=O) groups excluding carboxylic acids is 2. The Kier molecular flexibility index (Phi) is 6.77. The Labute approximate surface area is 190 Å². The van der Waals surface area contributed by atoms with Crippen LogP contribution in [0, 0.1) is 6.92 Å². The summed E-state index contributed by atoms with van der Waals surface area (Å²) in [6.07, 6.45) is 6.38. The number of aromatic nitrogens is 2. The van der Waals surface area contributed by atoms with E-state index in [-0.39, 0.29) is 24.3 Å². The smallest absolute Gasteiger partial charge is 0.251 e. The van der Waals surface area contributed by atoms with Crippen LogP contribution in [-0.2, 0) is 29.2 Å². The summed E-state index contributed by atoms with van der Waals surface area (Å²) >= 11 is 0. The van der Waals surface area contributed by atoms with E-state index < -0.39 is 0 Å². The number of aryl methyl sites for hydroxylation is 2. The van der Waals surface area contributed by atoms with Crippen LogP contribution in [0.2, 0.25) is 0 Å². The normalized spacial score (nSPS) is 18.3. The first-order chi connectivity index (χ1) is 15.5. The average Bonchev–Trinajstić information content (AvgIpc) is 3.30. The lowest BCUT2D eigenvalue weighted by atomic mass is 9.88. The molecule has 1 atom stereocenters. The van der Waals surface area contributed by atoms with Crippen molar-refractivity contribution in [2.45, 2.75) is 78.6 Å². The number of fused-ring (bicyclic) bond motifs is 1. The Morgan fingerprint density at radius 1 is 1.19 bits per heavy atom. The van der Waals surface area contributed by atoms with Crippen LogP contribution in [0.3, 0.4) is 0 Å². The van der Waals surface area contributed by atoms with Crippen LogP contribution in [0.1, 0.15) is 62.8 Å². The molecule has 6 heteroatoms. The summed E-state index contributed by atoms with van der Waals surface area (Å²) in [5.74, 6) is 0.0769. The van der Waals surface area contributed by atoms with Crippen molar-refractivity contribution < 1.29 is 9.59 Å². The maximum atomic E-state index is 13.5. The van der Waals surface area contributed by atoms with Gasteiger partial charge in [0, 0.05) is 43.5 Å². The maximum absolute atomic E-state index is 13.5. The predicted octanol–water partition coefficient (Wildman–Crippen LogP) is 4.23. The SMILES string of the molecule is CCN(Cc1cn(CC)nc1C)C(=O)CC1=C2CCCCC2N(Cc2ccccc2)C1=O. The van der Waals surface area contributed by atoms with Gasteiger partial charge in [-0.3, -0.25) is 14.3 Å². The van der Waals surface area contributed by atoms with Crippen LogP contribution in [0.15, 0.2) is 47.7 Å². The Morgan fingerprint density at radius 2 is 1.97 bits per heavy atom. The molecule has 1 saturated carbocycles. The van der Waals surface area contributed by atoms with Crippen molar-refractivity contribution in [3.63, 3.8) is 0 Å². The summed E-state index contributed by atoms with van der Waals surface area (Å²) in [6, 6.07) is 10.3. The van der Waals surface area contributed by atoms with Crippen LogP contribution in [0.25, 0.3) is 0 Å². The zero-order valence-corrected chi connectivity index (χ0v) is 19.5. The van der Waals surface area contributed by atoms with E-state index in [0.29, 0.717) is 19.6 Å². The van der Waals surface area contributed by atoms with E-state index >= 15 is 0 Å². The quantitative estimate of drug-likeness (QED) is 0.625. The molecular weight excluding hydrogens is 400 g/mol. The molecule has 32 heavy (non-hydrogen) atoms. The highest BCUT2D eigenvalue weighted by Gasteiger charge is 2.40.